The van der Waals surface area contributed by atoms with Crippen LogP contribution in [0.25, 0.3) is 0 Å². The number of anilines is 1. The maximum atomic E-state index is 10.9. The largest absolute Gasteiger partial charge is 0.477 e. The van der Waals surface area contributed by atoms with Crippen molar-refractivity contribution in [2.24, 2.45) is 0 Å². The van der Waals surface area contributed by atoms with Gasteiger partial charge in [0.1, 0.15) is 11.3 Å². The summed E-state index contributed by atoms with van der Waals surface area (Å²) >= 11 is 0. The molecule has 0 heterocycles. The molecular weight excluding hydrogens is 238 g/mol. The number of rotatable bonds is 7. The molecule has 1 rings (SSSR count). The summed E-state index contributed by atoms with van der Waals surface area (Å²) in [6.45, 7) is 1.31. The third kappa shape index (κ3) is 3.42. The number of para-hydroxylation sites is 1. The monoisotopic (exact) mass is 253 g/mol. The van der Waals surface area contributed by atoms with E-state index in [0.29, 0.717) is 6.54 Å². The van der Waals surface area contributed by atoms with E-state index in [1.165, 1.54) is 18.2 Å². The molecule has 0 aliphatic rings. The Morgan fingerprint density at radius 3 is 2.72 bits per heavy atom. The van der Waals surface area contributed by atoms with Gasteiger partial charge in [0.25, 0.3) is 0 Å². The lowest BCUT2D eigenvalue weighted by atomic mass is 10.1. The summed E-state index contributed by atoms with van der Waals surface area (Å²) in [4.78, 5) is 21.2. The average Bonchev–Trinajstić information content (AvgIpc) is 2.33. The van der Waals surface area contributed by atoms with Crippen molar-refractivity contribution < 1.29 is 14.8 Å². The zero-order valence-corrected chi connectivity index (χ0v) is 9.97. The summed E-state index contributed by atoms with van der Waals surface area (Å²) in [5.41, 5.74) is -0.468. The number of carbonyl (C=O) groups is 1. The van der Waals surface area contributed by atoms with E-state index in [1.54, 1.807) is 0 Å². The van der Waals surface area contributed by atoms with Crippen molar-refractivity contribution in [3.05, 3.63) is 33.9 Å². The van der Waals surface area contributed by atoms with E-state index in [9.17, 15) is 14.9 Å². The van der Waals surface area contributed by atoms with Gasteiger partial charge in [-0.2, -0.15) is 0 Å². The molecule has 0 aliphatic carbocycles. The van der Waals surface area contributed by atoms with Crippen molar-refractivity contribution >= 4 is 17.3 Å². The molecule has 0 radical (unpaired) electrons. The third-order valence-corrected chi connectivity index (χ3v) is 2.37. The second-order valence-corrected chi connectivity index (χ2v) is 3.65. The van der Waals surface area contributed by atoms with Gasteiger partial charge < -0.3 is 15.7 Å². The Kier molecular flexibility index (Phi) is 5.06. The highest BCUT2D eigenvalue weighted by atomic mass is 16.6. The highest BCUT2D eigenvalue weighted by Crippen LogP contribution is 2.28. The molecule has 0 fully saturated rings. The maximum Gasteiger partial charge on any atom is 0.342 e. The number of carboxylic acids is 1. The lowest BCUT2D eigenvalue weighted by Crippen LogP contribution is -2.14. The predicted molar refractivity (Wildman–Crippen MR) is 67.1 cm³/mol. The Morgan fingerprint density at radius 1 is 1.44 bits per heavy atom. The van der Waals surface area contributed by atoms with Crippen molar-refractivity contribution in [2.75, 3.05) is 25.5 Å². The summed E-state index contributed by atoms with van der Waals surface area (Å²) in [6, 6.07) is 4.21. The van der Waals surface area contributed by atoms with Crippen LogP contribution in [0, 0.1) is 10.1 Å². The molecule has 3 N–H and O–H groups in total. The van der Waals surface area contributed by atoms with Crippen molar-refractivity contribution in [1.29, 1.82) is 0 Å². The number of hydrogen-bond donors (Lipinski definition) is 3. The SMILES string of the molecule is CNCCCNc1cccc(C(=O)O)c1[N+](=O)[O-]. The number of nitrogens with one attached hydrogen (secondary N) is 2. The Hall–Kier alpha value is -2.15. The van der Waals surface area contributed by atoms with Gasteiger partial charge in [-0.15, -0.1) is 0 Å². The van der Waals surface area contributed by atoms with Crippen molar-refractivity contribution in [1.82, 2.24) is 5.32 Å². The van der Waals surface area contributed by atoms with Gasteiger partial charge in [0.15, 0.2) is 0 Å². The summed E-state index contributed by atoms with van der Waals surface area (Å²) in [6.07, 6.45) is 0.783. The predicted octanol–water partition coefficient (Wildman–Crippen LogP) is 1.31. The third-order valence-electron chi connectivity index (χ3n) is 2.37. The van der Waals surface area contributed by atoms with E-state index in [2.05, 4.69) is 10.6 Å². The van der Waals surface area contributed by atoms with E-state index in [1.807, 2.05) is 7.05 Å². The second-order valence-electron chi connectivity index (χ2n) is 3.65. The molecular formula is C11H15N3O4. The van der Waals surface area contributed by atoms with Crippen LogP contribution in [-0.2, 0) is 0 Å². The first-order valence-corrected chi connectivity index (χ1v) is 5.47. The Morgan fingerprint density at radius 2 is 2.17 bits per heavy atom. The standard InChI is InChI=1S/C11H15N3O4/c1-12-6-3-7-13-9-5-2-4-8(11(15)16)10(9)14(17)18/h2,4-5,12-13H,3,6-7H2,1H3,(H,15,16). The van der Waals surface area contributed by atoms with Crippen LogP contribution in [0.3, 0.4) is 0 Å². The van der Waals surface area contributed by atoms with Gasteiger partial charge in [-0.05, 0) is 32.1 Å². The number of nitro groups is 1. The highest BCUT2D eigenvalue weighted by Gasteiger charge is 2.23. The molecule has 0 saturated heterocycles. The topological polar surface area (TPSA) is 104 Å². The molecule has 0 saturated carbocycles. The molecule has 0 aliphatic heterocycles. The van der Waals surface area contributed by atoms with Crippen LogP contribution in [-0.4, -0.2) is 36.1 Å². The van der Waals surface area contributed by atoms with Crippen molar-refractivity contribution in [3.63, 3.8) is 0 Å². The van der Waals surface area contributed by atoms with Gasteiger partial charge in [-0.1, -0.05) is 6.07 Å². The summed E-state index contributed by atoms with van der Waals surface area (Å²) in [5, 5.41) is 25.7. The lowest BCUT2D eigenvalue weighted by Gasteiger charge is -2.08. The highest BCUT2D eigenvalue weighted by molar-refractivity contribution is 5.95. The van der Waals surface area contributed by atoms with Crippen LogP contribution in [0.1, 0.15) is 16.8 Å². The van der Waals surface area contributed by atoms with E-state index in [0.717, 1.165) is 13.0 Å². The van der Waals surface area contributed by atoms with Gasteiger partial charge in [-0.3, -0.25) is 10.1 Å². The first-order chi connectivity index (χ1) is 8.57. The molecule has 0 unspecified atom stereocenters. The van der Waals surface area contributed by atoms with Crippen LogP contribution >= 0.6 is 0 Å². The molecule has 0 amide bonds. The minimum Gasteiger partial charge on any atom is -0.477 e. The number of carboxylic acid groups (broad SMARTS) is 1. The first-order valence-electron chi connectivity index (χ1n) is 5.47. The average molecular weight is 253 g/mol. The molecule has 0 aromatic heterocycles. The zero-order valence-electron chi connectivity index (χ0n) is 9.97. The summed E-state index contributed by atoms with van der Waals surface area (Å²) in [5.74, 6) is -1.31. The normalized spacial score (nSPS) is 10.1. The van der Waals surface area contributed by atoms with E-state index < -0.39 is 16.6 Å². The number of nitrogens with zero attached hydrogens (tertiary/aromatic N) is 1. The Balaban J connectivity index is 2.93. The number of aromatic carboxylic acids is 1. The molecule has 1 aromatic rings. The summed E-state index contributed by atoms with van der Waals surface area (Å²) < 4.78 is 0. The molecule has 0 atom stereocenters. The van der Waals surface area contributed by atoms with Crippen LogP contribution < -0.4 is 10.6 Å². The van der Waals surface area contributed by atoms with Crippen LogP contribution in [0.2, 0.25) is 0 Å². The zero-order chi connectivity index (χ0) is 13.5. The Labute approximate surface area is 104 Å². The molecule has 0 bridgehead atoms. The number of benzene rings is 1. The molecule has 18 heavy (non-hydrogen) atoms. The van der Waals surface area contributed by atoms with Crippen LogP contribution in [0.5, 0.6) is 0 Å². The minimum atomic E-state index is -1.31. The fraction of sp³-hybridized carbons (Fsp3) is 0.364. The Bertz CT molecular complexity index is 448. The van der Waals surface area contributed by atoms with Crippen LogP contribution in [0.4, 0.5) is 11.4 Å². The summed E-state index contributed by atoms with van der Waals surface area (Å²) in [7, 11) is 1.81. The molecule has 1 aromatic carbocycles. The first kappa shape index (κ1) is 13.9. The van der Waals surface area contributed by atoms with Gasteiger partial charge >= 0.3 is 11.7 Å². The molecule has 7 heteroatoms. The van der Waals surface area contributed by atoms with E-state index in [4.69, 9.17) is 5.11 Å². The molecule has 7 nitrogen and oxygen atoms in total. The van der Waals surface area contributed by atoms with Gasteiger partial charge in [0, 0.05) is 6.54 Å². The minimum absolute atomic E-state index is 0.232. The van der Waals surface area contributed by atoms with E-state index >= 15 is 0 Å². The van der Waals surface area contributed by atoms with Crippen LogP contribution in [0.15, 0.2) is 18.2 Å². The fourth-order valence-electron chi connectivity index (χ4n) is 1.54. The number of nitro benzene ring substituents is 1. The quantitative estimate of drug-likeness (QED) is 0.384. The van der Waals surface area contributed by atoms with E-state index in [-0.39, 0.29) is 11.3 Å². The number of hydrogen-bond acceptors (Lipinski definition) is 5. The molecule has 98 valence electrons. The lowest BCUT2D eigenvalue weighted by molar-refractivity contribution is -0.384. The van der Waals surface area contributed by atoms with Gasteiger partial charge in [0.05, 0.1) is 4.92 Å². The van der Waals surface area contributed by atoms with Crippen molar-refractivity contribution in [3.8, 4) is 0 Å². The van der Waals surface area contributed by atoms with Crippen molar-refractivity contribution in [2.45, 2.75) is 6.42 Å². The smallest absolute Gasteiger partial charge is 0.342 e. The fourth-order valence-corrected chi connectivity index (χ4v) is 1.54. The molecule has 0 spiro atoms. The van der Waals surface area contributed by atoms with Gasteiger partial charge in [0.2, 0.25) is 0 Å². The van der Waals surface area contributed by atoms with Gasteiger partial charge in [-0.25, -0.2) is 4.79 Å². The second kappa shape index (κ2) is 6.55. The maximum absolute atomic E-state index is 10.9.